The van der Waals surface area contributed by atoms with E-state index in [4.69, 9.17) is 23.2 Å². The van der Waals surface area contributed by atoms with Crippen molar-refractivity contribution >= 4 is 46.1 Å². The minimum Gasteiger partial charge on any atom is -0.362 e. The van der Waals surface area contributed by atoms with Gasteiger partial charge in [0.15, 0.2) is 11.6 Å². The van der Waals surface area contributed by atoms with E-state index >= 15 is 0 Å². The Morgan fingerprint density at radius 1 is 0.862 bits per heavy atom. The Morgan fingerprint density at radius 3 is 2.17 bits per heavy atom. The van der Waals surface area contributed by atoms with E-state index in [0.29, 0.717) is 22.9 Å². The van der Waals surface area contributed by atoms with Gasteiger partial charge in [0, 0.05) is 60.7 Å². The highest BCUT2D eigenvalue weighted by molar-refractivity contribution is 7.15. The molecule has 0 bridgehead atoms. The summed E-state index contributed by atoms with van der Waals surface area (Å²) in [6.07, 6.45) is 4.55. The van der Waals surface area contributed by atoms with E-state index in [2.05, 4.69) is 5.32 Å². The van der Waals surface area contributed by atoms with Crippen molar-refractivity contribution in [1.82, 2.24) is 5.32 Å². The number of benzene rings is 1. The van der Waals surface area contributed by atoms with E-state index in [-0.39, 0.29) is 17.5 Å². The molecule has 3 aliphatic rings. The van der Waals surface area contributed by atoms with E-state index in [1.807, 2.05) is 18.2 Å². The molecule has 2 heterocycles. The first-order valence-corrected chi connectivity index (χ1v) is 11.4. The second kappa shape index (κ2) is 7.42. The molecule has 2 aromatic rings. The van der Waals surface area contributed by atoms with Crippen molar-refractivity contribution in [1.29, 1.82) is 0 Å². The molecule has 1 N–H and O–H groups in total. The molecule has 5 rings (SSSR count). The van der Waals surface area contributed by atoms with Crippen molar-refractivity contribution in [2.45, 2.75) is 44.4 Å². The highest BCUT2D eigenvalue weighted by Gasteiger charge is 2.40. The zero-order valence-corrected chi connectivity index (χ0v) is 18.0. The van der Waals surface area contributed by atoms with Gasteiger partial charge in [-0.2, -0.15) is 0 Å². The van der Waals surface area contributed by atoms with Crippen molar-refractivity contribution in [3.63, 3.8) is 0 Å². The lowest BCUT2D eigenvalue weighted by Crippen LogP contribution is -2.35. The van der Waals surface area contributed by atoms with Crippen LogP contribution in [-0.4, -0.2) is 11.6 Å². The molecule has 0 atom stereocenters. The number of allylic oxidation sites excluding steroid dienone is 4. The van der Waals surface area contributed by atoms with Gasteiger partial charge < -0.3 is 5.32 Å². The molecular formula is C23H19Cl2NO2S. The van der Waals surface area contributed by atoms with Gasteiger partial charge in [-0.3, -0.25) is 9.59 Å². The SMILES string of the molecule is O=C1CCCC2=C1C(c1ccc(-c3cc(Cl)ccc3Cl)s1)C1=C(CCCC1=O)N2. The van der Waals surface area contributed by atoms with E-state index in [0.717, 1.165) is 63.5 Å². The van der Waals surface area contributed by atoms with Crippen LogP contribution in [0.25, 0.3) is 10.4 Å². The molecule has 0 radical (unpaired) electrons. The molecule has 3 nitrogen and oxygen atoms in total. The van der Waals surface area contributed by atoms with Crippen LogP contribution in [0.15, 0.2) is 52.9 Å². The summed E-state index contributed by atoms with van der Waals surface area (Å²) in [6.45, 7) is 0. The quantitative estimate of drug-likeness (QED) is 0.581. The average Bonchev–Trinajstić information content (AvgIpc) is 3.18. The Bertz CT molecular complexity index is 1070. The van der Waals surface area contributed by atoms with E-state index in [1.54, 1.807) is 23.5 Å². The summed E-state index contributed by atoms with van der Waals surface area (Å²) in [5.41, 5.74) is 4.47. The van der Waals surface area contributed by atoms with Gasteiger partial charge in [-0.15, -0.1) is 11.3 Å². The maximum absolute atomic E-state index is 12.9. The molecule has 29 heavy (non-hydrogen) atoms. The smallest absolute Gasteiger partial charge is 0.161 e. The minimum absolute atomic E-state index is 0.157. The molecule has 1 aromatic carbocycles. The molecule has 0 saturated heterocycles. The number of ketones is 2. The van der Waals surface area contributed by atoms with Gasteiger partial charge in [0.1, 0.15) is 0 Å². The number of thiophene rings is 1. The fourth-order valence-corrected chi connectivity index (χ4v) is 6.21. The maximum Gasteiger partial charge on any atom is 0.161 e. The second-order valence-corrected chi connectivity index (χ2v) is 9.68. The topological polar surface area (TPSA) is 46.2 Å². The summed E-state index contributed by atoms with van der Waals surface area (Å²) in [7, 11) is 0. The Hall–Kier alpha value is -1.88. The molecule has 0 unspecified atom stereocenters. The standard InChI is InChI=1S/C23H19Cl2NO2S/c24-12-7-8-14(25)13(11-12)19-9-10-20(29-19)23-21-15(3-1-5-17(21)27)26-16-4-2-6-18(28)22(16)23/h7-11,23,26H,1-6H2. The molecular weight excluding hydrogens is 425 g/mol. The monoisotopic (exact) mass is 443 g/mol. The molecule has 1 aromatic heterocycles. The van der Waals surface area contributed by atoms with Crippen LogP contribution in [0.1, 0.15) is 49.3 Å². The van der Waals surface area contributed by atoms with Crippen molar-refractivity contribution in [3.05, 3.63) is 67.8 Å². The third kappa shape index (κ3) is 3.27. The Balaban J connectivity index is 1.65. The third-order valence-corrected chi connectivity index (χ3v) is 7.64. The van der Waals surface area contributed by atoms with Crippen LogP contribution >= 0.6 is 34.5 Å². The average molecular weight is 444 g/mol. The van der Waals surface area contributed by atoms with Crippen molar-refractivity contribution in [2.24, 2.45) is 0 Å². The Morgan fingerprint density at radius 2 is 1.52 bits per heavy atom. The fourth-order valence-electron chi connectivity index (χ4n) is 4.61. The van der Waals surface area contributed by atoms with Gasteiger partial charge in [-0.25, -0.2) is 0 Å². The summed E-state index contributed by atoms with van der Waals surface area (Å²) < 4.78 is 0. The van der Waals surface area contributed by atoms with Crippen molar-refractivity contribution in [2.75, 3.05) is 0 Å². The number of carbonyl (C=O) groups is 2. The lowest BCUT2D eigenvalue weighted by atomic mass is 9.74. The predicted molar refractivity (Wildman–Crippen MR) is 117 cm³/mol. The Labute approximate surface area is 183 Å². The van der Waals surface area contributed by atoms with Crippen LogP contribution in [0.3, 0.4) is 0 Å². The van der Waals surface area contributed by atoms with E-state index in [9.17, 15) is 9.59 Å². The first-order chi connectivity index (χ1) is 14.0. The van der Waals surface area contributed by atoms with Crippen LogP contribution in [0.5, 0.6) is 0 Å². The largest absolute Gasteiger partial charge is 0.362 e. The normalized spacial score (nSPS) is 19.9. The van der Waals surface area contributed by atoms with Crippen LogP contribution in [0.4, 0.5) is 0 Å². The number of Topliss-reactive ketones (excluding diaryl/α,β-unsaturated/α-hetero) is 2. The first kappa shape index (κ1) is 19.1. The summed E-state index contributed by atoms with van der Waals surface area (Å²) >= 11 is 14.2. The molecule has 0 fully saturated rings. The first-order valence-electron chi connectivity index (χ1n) is 9.87. The molecule has 148 valence electrons. The molecule has 0 saturated carbocycles. The third-order valence-electron chi connectivity index (χ3n) is 5.90. The molecule has 0 amide bonds. The summed E-state index contributed by atoms with van der Waals surface area (Å²) in [5, 5.41) is 4.72. The van der Waals surface area contributed by atoms with Crippen LogP contribution in [0, 0.1) is 0 Å². The minimum atomic E-state index is -0.265. The number of rotatable bonds is 2. The van der Waals surface area contributed by atoms with E-state index < -0.39 is 0 Å². The number of halogens is 2. The van der Waals surface area contributed by atoms with Crippen LogP contribution in [0.2, 0.25) is 10.0 Å². The Kier molecular flexibility index (Phi) is 4.89. The fraction of sp³-hybridized carbons (Fsp3) is 0.304. The van der Waals surface area contributed by atoms with Gasteiger partial charge in [-0.1, -0.05) is 23.2 Å². The summed E-state index contributed by atoms with van der Waals surface area (Å²) in [4.78, 5) is 27.8. The predicted octanol–water partition coefficient (Wildman–Crippen LogP) is 6.42. The summed E-state index contributed by atoms with van der Waals surface area (Å²) in [6, 6.07) is 9.46. The maximum atomic E-state index is 12.9. The van der Waals surface area contributed by atoms with Gasteiger partial charge in [0.2, 0.25) is 0 Å². The van der Waals surface area contributed by atoms with E-state index in [1.165, 1.54) is 0 Å². The molecule has 0 spiro atoms. The second-order valence-electron chi connectivity index (χ2n) is 7.72. The van der Waals surface area contributed by atoms with Gasteiger partial charge >= 0.3 is 0 Å². The molecule has 1 aliphatic heterocycles. The highest BCUT2D eigenvalue weighted by Crippen LogP contribution is 2.48. The van der Waals surface area contributed by atoms with Gasteiger partial charge in [0.25, 0.3) is 0 Å². The number of carbonyl (C=O) groups excluding carboxylic acids is 2. The summed E-state index contributed by atoms with van der Waals surface area (Å²) in [5.74, 6) is 0.0485. The zero-order valence-electron chi connectivity index (χ0n) is 15.7. The number of hydrogen-bond donors (Lipinski definition) is 1. The number of dihydropyridines is 1. The van der Waals surface area contributed by atoms with Crippen molar-refractivity contribution < 1.29 is 9.59 Å². The van der Waals surface area contributed by atoms with Crippen LogP contribution < -0.4 is 5.32 Å². The van der Waals surface area contributed by atoms with Gasteiger partial charge in [0.05, 0.1) is 5.92 Å². The molecule has 6 heteroatoms. The lowest BCUT2D eigenvalue weighted by molar-refractivity contribution is -0.116. The van der Waals surface area contributed by atoms with Crippen LogP contribution in [-0.2, 0) is 9.59 Å². The molecule has 2 aliphatic carbocycles. The number of hydrogen-bond acceptors (Lipinski definition) is 4. The zero-order chi connectivity index (χ0) is 20.1. The number of nitrogens with one attached hydrogen (secondary N) is 1. The van der Waals surface area contributed by atoms with Gasteiger partial charge in [-0.05, 0) is 56.0 Å². The van der Waals surface area contributed by atoms with Crippen molar-refractivity contribution in [3.8, 4) is 10.4 Å². The lowest BCUT2D eigenvalue weighted by Gasteiger charge is -2.36. The highest BCUT2D eigenvalue weighted by atomic mass is 35.5.